The lowest BCUT2D eigenvalue weighted by Crippen LogP contribution is -2.18. The lowest BCUT2D eigenvalue weighted by Gasteiger charge is -2.16. The molecule has 0 unspecified atom stereocenters. The fraction of sp³-hybridized carbons (Fsp3) is 0.333. The Hall–Kier alpha value is -3.28. The first-order chi connectivity index (χ1) is 14.3. The molecule has 0 amide bonds. The van der Waals surface area contributed by atoms with Crippen molar-refractivity contribution in [2.75, 3.05) is 6.61 Å². The zero-order chi connectivity index (χ0) is 21.3. The van der Waals surface area contributed by atoms with E-state index in [1.165, 1.54) is 5.56 Å². The van der Waals surface area contributed by atoms with E-state index in [0.717, 1.165) is 28.5 Å². The molecule has 0 spiro atoms. The molecule has 30 heavy (non-hydrogen) atoms. The fourth-order valence-corrected chi connectivity index (χ4v) is 3.88. The van der Waals surface area contributed by atoms with E-state index in [1.807, 2.05) is 48.1 Å². The molecule has 1 aliphatic rings. The number of aryl methyl sites for hydroxylation is 1. The molecule has 1 aromatic heterocycles. The van der Waals surface area contributed by atoms with Gasteiger partial charge in [-0.25, -0.2) is 4.98 Å². The van der Waals surface area contributed by atoms with Crippen LogP contribution in [-0.2, 0) is 23.9 Å². The van der Waals surface area contributed by atoms with Crippen molar-refractivity contribution in [2.24, 2.45) is 7.05 Å². The van der Waals surface area contributed by atoms with Gasteiger partial charge in [-0.1, -0.05) is 38.1 Å². The van der Waals surface area contributed by atoms with Crippen LogP contribution in [0.5, 0.6) is 11.5 Å². The van der Waals surface area contributed by atoms with E-state index in [9.17, 15) is 9.90 Å². The number of hydrogen-bond acceptors (Lipinski definition) is 4. The average molecular weight is 406 g/mol. The number of rotatable bonds is 7. The molecule has 3 aromatic rings. The van der Waals surface area contributed by atoms with Crippen LogP contribution in [0.4, 0.5) is 0 Å². The Bertz CT molecular complexity index is 1050. The number of carboxylic acid groups (broad SMARTS) is 1. The first-order valence-corrected chi connectivity index (χ1v) is 10.0. The molecule has 1 N–H and O–H groups in total. The third-order valence-corrected chi connectivity index (χ3v) is 5.60. The van der Waals surface area contributed by atoms with Crippen molar-refractivity contribution in [3.63, 3.8) is 0 Å². The fourth-order valence-electron chi connectivity index (χ4n) is 3.88. The van der Waals surface area contributed by atoms with E-state index in [1.54, 1.807) is 6.20 Å². The van der Waals surface area contributed by atoms with Crippen molar-refractivity contribution >= 4 is 5.97 Å². The van der Waals surface area contributed by atoms with Crippen molar-refractivity contribution in [1.29, 1.82) is 0 Å². The molecule has 1 atom stereocenters. The lowest BCUT2D eigenvalue weighted by atomic mass is 9.87. The van der Waals surface area contributed by atoms with E-state index in [4.69, 9.17) is 9.47 Å². The molecule has 0 fully saturated rings. The van der Waals surface area contributed by atoms with Crippen LogP contribution in [-0.4, -0.2) is 27.2 Å². The molecular formula is C24H26N2O4. The molecule has 6 nitrogen and oxygen atoms in total. The minimum absolute atomic E-state index is 0.0173. The molecule has 0 aliphatic carbocycles. The van der Waals surface area contributed by atoms with Crippen molar-refractivity contribution in [2.45, 2.75) is 38.2 Å². The van der Waals surface area contributed by atoms with Crippen LogP contribution in [0.3, 0.4) is 0 Å². The van der Waals surface area contributed by atoms with Gasteiger partial charge in [0, 0.05) is 30.4 Å². The van der Waals surface area contributed by atoms with E-state index in [-0.39, 0.29) is 17.8 Å². The topological polar surface area (TPSA) is 73.6 Å². The second kappa shape index (κ2) is 7.86. The van der Waals surface area contributed by atoms with E-state index < -0.39 is 5.97 Å². The number of aliphatic carboxylic acids is 1. The van der Waals surface area contributed by atoms with Gasteiger partial charge >= 0.3 is 5.97 Å². The van der Waals surface area contributed by atoms with Gasteiger partial charge in [0.05, 0.1) is 18.9 Å². The lowest BCUT2D eigenvalue weighted by molar-refractivity contribution is -0.137. The number of carbonyl (C=O) groups is 1. The molecule has 0 saturated carbocycles. The van der Waals surface area contributed by atoms with Gasteiger partial charge in [0.25, 0.3) is 0 Å². The zero-order valence-corrected chi connectivity index (χ0v) is 17.5. The van der Waals surface area contributed by atoms with Crippen LogP contribution in [0.1, 0.15) is 48.7 Å². The van der Waals surface area contributed by atoms with Gasteiger partial charge in [0.15, 0.2) is 0 Å². The van der Waals surface area contributed by atoms with Crippen molar-refractivity contribution < 1.29 is 19.4 Å². The Balaban J connectivity index is 1.46. The second-order valence-electron chi connectivity index (χ2n) is 8.41. The predicted molar refractivity (Wildman–Crippen MR) is 113 cm³/mol. The number of imidazole rings is 1. The van der Waals surface area contributed by atoms with Crippen LogP contribution in [0.25, 0.3) is 0 Å². The van der Waals surface area contributed by atoms with Crippen molar-refractivity contribution in [1.82, 2.24) is 9.55 Å². The highest BCUT2D eigenvalue weighted by atomic mass is 16.5. The Labute approximate surface area is 176 Å². The number of hydrogen-bond donors (Lipinski definition) is 1. The third kappa shape index (κ3) is 4.03. The van der Waals surface area contributed by atoms with Gasteiger partial charge in [-0.3, -0.25) is 4.79 Å². The number of aromatic nitrogens is 2. The summed E-state index contributed by atoms with van der Waals surface area (Å²) in [6.45, 7) is 5.49. The molecule has 2 heterocycles. The first kappa shape index (κ1) is 20.0. The third-order valence-electron chi connectivity index (χ3n) is 5.60. The highest BCUT2D eigenvalue weighted by Gasteiger charge is 2.31. The van der Waals surface area contributed by atoms with E-state index in [2.05, 4.69) is 31.0 Å². The number of benzene rings is 2. The van der Waals surface area contributed by atoms with Gasteiger partial charge in [-0.15, -0.1) is 0 Å². The number of nitrogens with zero attached hydrogens (tertiary/aromatic N) is 2. The minimum Gasteiger partial charge on any atom is -0.492 e. The number of ether oxygens (including phenoxy) is 2. The molecule has 0 radical (unpaired) electrons. The maximum atomic E-state index is 11.4. The molecular weight excluding hydrogens is 380 g/mol. The van der Waals surface area contributed by atoms with E-state index >= 15 is 0 Å². The van der Waals surface area contributed by atoms with Crippen LogP contribution >= 0.6 is 0 Å². The molecule has 156 valence electrons. The second-order valence-corrected chi connectivity index (χ2v) is 8.41. The Morgan fingerprint density at radius 3 is 2.70 bits per heavy atom. The largest absolute Gasteiger partial charge is 0.492 e. The van der Waals surface area contributed by atoms with E-state index in [0.29, 0.717) is 13.2 Å². The zero-order valence-electron chi connectivity index (χ0n) is 17.5. The smallest absolute Gasteiger partial charge is 0.304 e. The molecule has 2 aromatic carbocycles. The summed E-state index contributed by atoms with van der Waals surface area (Å²) < 4.78 is 13.6. The summed E-state index contributed by atoms with van der Waals surface area (Å²) in [7, 11) is 1.87. The van der Waals surface area contributed by atoms with Gasteiger partial charge in [-0.2, -0.15) is 0 Å². The normalized spacial score (nSPS) is 15.3. The maximum absolute atomic E-state index is 11.4. The standard InChI is InChI=1S/C24H26N2O4/c1-24(2)15-30-21-12-16(4-9-20(21)24)14-29-18-7-5-17(6-8-18)19(13-22(27)28)23-25-10-11-26(23)3/h4-12,19H,13-15H2,1-3H3,(H,27,28)/t19-/m0/s1. The Kier molecular flexibility index (Phi) is 5.24. The Morgan fingerprint density at radius 1 is 1.27 bits per heavy atom. The minimum atomic E-state index is -0.856. The molecule has 0 bridgehead atoms. The number of fused-ring (bicyclic) bond motifs is 1. The molecule has 1 aliphatic heterocycles. The van der Waals surface area contributed by atoms with Crippen LogP contribution in [0.15, 0.2) is 54.9 Å². The predicted octanol–water partition coefficient (Wildman–Crippen LogP) is 4.28. The van der Waals surface area contributed by atoms with Crippen molar-refractivity contribution in [3.8, 4) is 11.5 Å². The summed E-state index contributed by atoms with van der Waals surface area (Å²) in [5.74, 6) is 1.23. The highest BCUT2D eigenvalue weighted by molar-refractivity contribution is 5.68. The molecule has 0 saturated heterocycles. The number of carboxylic acids is 1. The van der Waals surface area contributed by atoms with Gasteiger partial charge in [-0.05, 0) is 29.3 Å². The molecule has 4 rings (SSSR count). The average Bonchev–Trinajstić information content (AvgIpc) is 3.27. The summed E-state index contributed by atoms with van der Waals surface area (Å²) in [5, 5.41) is 9.33. The maximum Gasteiger partial charge on any atom is 0.304 e. The summed E-state index contributed by atoms with van der Waals surface area (Å²) >= 11 is 0. The van der Waals surface area contributed by atoms with Crippen molar-refractivity contribution in [3.05, 3.63) is 77.4 Å². The highest BCUT2D eigenvalue weighted by Crippen LogP contribution is 2.38. The summed E-state index contributed by atoms with van der Waals surface area (Å²) in [6.07, 6.45) is 3.49. The van der Waals surface area contributed by atoms with Crippen LogP contribution < -0.4 is 9.47 Å². The monoisotopic (exact) mass is 406 g/mol. The van der Waals surface area contributed by atoms with Gasteiger partial charge in [0.2, 0.25) is 0 Å². The quantitative estimate of drug-likeness (QED) is 0.634. The molecule has 6 heteroatoms. The SMILES string of the molecule is Cn1ccnc1[C@@H](CC(=O)O)c1ccc(OCc2ccc3c(c2)OCC3(C)C)cc1. The summed E-state index contributed by atoms with van der Waals surface area (Å²) in [6, 6.07) is 13.8. The summed E-state index contributed by atoms with van der Waals surface area (Å²) in [4.78, 5) is 15.7. The van der Waals surface area contributed by atoms with Gasteiger partial charge in [0.1, 0.15) is 23.9 Å². The van der Waals surface area contributed by atoms with Crippen LogP contribution in [0.2, 0.25) is 0 Å². The van der Waals surface area contributed by atoms with Crippen LogP contribution in [0, 0.1) is 0 Å². The Morgan fingerprint density at radius 2 is 2.03 bits per heavy atom. The van der Waals surface area contributed by atoms with Gasteiger partial charge < -0.3 is 19.1 Å². The summed E-state index contributed by atoms with van der Waals surface area (Å²) in [5.41, 5.74) is 3.22. The first-order valence-electron chi connectivity index (χ1n) is 10.0.